The van der Waals surface area contributed by atoms with Gasteiger partial charge in [0.25, 0.3) is 0 Å². The Morgan fingerprint density at radius 3 is 2.72 bits per heavy atom. The molecule has 1 aliphatic heterocycles. The summed E-state index contributed by atoms with van der Waals surface area (Å²) in [5, 5.41) is 10.9. The van der Waals surface area contributed by atoms with Crippen LogP contribution in [-0.2, 0) is 17.7 Å². The number of nitrogens with zero attached hydrogens (tertiary/aromatic N) is 4. The van der Waals surface area contributed by atoms with Gasteiger partial charge in [-0.05, 0) is 17.7 Å². The zero-order valence-electron chi connectivity index (χ0n) is 16.8. The van der Waals surface area contributed by atoms with Gasteiger partial charge in [0.05, 0.1) is 13.2 Å². The minimum atomic E-state index is -0.907. The monoisotopic (exact) mass is 476 g/mol. The van der Waals surface area contributed by atoms with Crippen LogP contribution < -0.4 is 5.56 Å². The highest BCUT2D eigenvalue weighted by atomic mass is 32.1. The Kier molecular flexibility index (Phi) is 5.72. The third kappa shape index (κ3) is 4.16. The van der Waals surface area contributed by atoms with Gasteiger partial charge in [-0.25, -0.2) is 18.7 Å². The second-order valence-corrected chi connectivity index (χ2v) is 9.62. The first-order valence-corrected chi connectivity index (χ1v) is 11.5. The zero-order valence-corrected chi connectivity index (χ0v) is 18.4. The van der Waals surface area contributed by atoms with E-state index in [9.17, 15) is 18.7 Å². The quantitative estimate of drug-likeness (QED) is 0.476. The molecule has 0 atom stereocenters. The number of benzene rings is 1. The molecule has 166 valence electrons. The normalized spacial score (nSPS) is 14.9. The fraction of sp³-hybridized carbons (Fsp3) is 0.286. The van der Waals surface area contributed by atoms with Crippen LogP contribution in [0.4, 0.5) is 8.78 Å². The molecule has 32 heavy (non-hydrogen) atoms. The molecule has 0 saturated carbocycles. The van der Waals surface area contributed by atoms with Gasteiger partial charge in [-0.2, -0.15) is 0 Å². The van der Waals surface area contributed by atoms with Gasteiger partial charge in [0.1, 0.15) is 10.7 Å². The average Bonchev–Trinajstić information content (AvgIpc) is 3.41. The van der Waals surface area contributed by atoms with E-state index in [1.54, 1.807) is 12.4 Å². The van der Waals surface area contributed by atoms with E-state index in [0.717, 1.165) is 35.0 Å². The number of halogens is 2. The SMILES string of the molecule is O=c1c(O)c(-c2ncc(Cc3ccc(F)c(F)c3)s2)nc2sc(CN3CCOCC3)cn12. The molecule has 0 bridgehead atoms. The number of ether oxygens (including phenoxy) is 1. The first-order chi connectivity index (χ1) is 15.5. The van der Waals surface area contributed by atoms with Crippen LogP contribution in [0, 0.1) is 11.6 Å². The maximum absolute atomic E-state index is 13.5. The summed E-state index contributed by atoms with van der Waals surface area (Å²) in [5.74, 6) is -2.27. The lowest BCUT2D eigenvalue weighted by molar-refractivity contribution is 0.0346. The van der Waals surface area contributed by atoms with Gasteiger partial charge in [-0.1, -0.05) is 17.4 Å². The average molecular weight is 477 g/mol. The second-order valence-electron chi connectivity index (χ2n) is 7.41. The highest BCUT2D eigenvalue weighted by Crippen LogP contribution is 2.31. The lowest BCUT2D eigenvalue weighted by atomic mass is 10.1. The van der Waals surface area contributed by atoms with Crippen molar-refractivity contribution < 1.29 is 18.6 Å². The summed E-state index contributed by atoms with van der Waals surface area (Å²) in [6.07, 6.45) is 3.65. The van der Waals surface area contributed by atoms with Gasteiger partial charge in [-0.15, -0.1) is 11.3 Å². The van der Waals surface area contributed by atoms with E-state index in [-0.39, 0.29) is 5.69 Å². The van der Waals surface area contributed by atoms with Crippen LogP contribution >= 0.6 is 22.7 Å². The molecule has 3 aromatic heterocycles. The molecule has 0 spiro atoms. The number of hydrogen-bond acceptors (Lipinski definition) is 8. The van der Waals surface area contributed by atoms with Crippen molar-refractivity contribution in [1.29, 1.82) is 0 Å². The molecule has 0 aliphatic carbocycles. The number of aromatic nitrogens is 3. The molecule has 0 amide bonds. The fourth-order valence-electron chi connectivity index (χ4n) is 3.53. The molecule has 1 aromatic carbocycles. The van der Waals surface area contributed by atoms with Gasteiger partial charge >= 0.3 is 5.56 Å². The Labute approximate surface area is 189 Å². The van der Waals surface area contributed by atoms with Gasteiger partial charge in [0, 0.05) is 48.2 Å². The fourth-order valence-corrected chi connectivity index (χ4v) is 5.48. The van der Waals surface area contributed by atoms with Crippen molar-refractivity contribution in [2.24, 2.45) is 0 Å². The van der Waals surface area contributed by atoms with Crippen LogP contribution in [-0.4, -0.2) is 50.7 Å². The number of hydrogen-bond donors (Lipinski definition) is 1. The number of aromatic hydroxyl groups is 1. The third-order valence-corrected chi connectivity index (χ3v) is 7.13. The first kappa shape index (κ1) is 21.1. The molecule has 1 aliphatic rings. The van der Waals surface area contributed by atoms with Gasteiger partial charge in [-0.3, -0.25) is 14.1 Å². The molecule has 4 heterocycles. The Morgan fingerprint density at radius 2 is 1.94 bits per heavy atom. The minimum Gasteiger partial charge on any atom is -0.501 e. The van der Waals surface area contributed by atoms with Crippen LogP contribution in [0.15, 0.2) is 35.4 Å². The maximum atomic E-state index is 13.5. The van der Waals surface area contributed by atoms with Crippen LogP contribution in [0.2, 0.25) is 0 Å². The first-order valence-electron chi connectivity index (χ1n) is 9.91. The Hall–Kier alpha value is -2.73. The molecule has 1 saturated heterocycles. The van der Waals surface area contributed by atoms with Crippen molar-refractivity contribution in [2.75, 3.05) is 26.3 Å². The highest BCUT2D eigenvalue weighted by molar-refractivity contribution is 7.17. The predicted molar refractivity (Wildman–Crippen MR) is 117 cm³/mol. The van der Waals surface area contributed by atoms with Crippen LogP contribution in [0.1, 0.15) is 15.3 Å². The highest BCUT2D eigenvalue weighted by Gasteiger charge is 2.20. The van der Waals surface area contributed by atoms with E-state index in [4.69, 9.17) is 4.74 Å². The van der Waals surface area contributed by atoms with Gasteiger partial charge in [0.2, 0.25) is 5.75 Å². The summed E-state index contributed by atoms with van der Waals surface area (Å²) in [5.41, 5.74) is 0.168. The van der Waals surface area contributed by atoms with E-state index in [1.807, 2.05) is 0 Å². The standard InChI is InChI=1S/C21H18F2N4O3S2/c22-15-2-1-12(8-16(15)23)7-13-9-24-19(31-13)17-18(28)20(29)27-11-14(32-21(27)25-17)10-26-3-5-30-6-4-26/h1-2,8-9,11,28H,3-7,10H2. The minimum absolute atomic E-state index is 0.122. The smallest absolute Gasteiger partial charge is 0.301 e. The Morgan fingerprint density at radius 1 is 1.12 bits per heavy atom. The van der Waals surface area contributed by atoms with Crippen molar-refractivity contribution in [1.82, 2.24) is 19.3 Å². The molecule has 0 unspecified atom stereocenters. The summed E-state index contributed by atoms with van der Waals surface area (Å²) < 4.78 is 33.3. The van der Waals surface area contributed by atoms with E-state index in [2.05, 4.69) is 14.9 Å². The van der Waals surface area contributed by atoms with Crippen molar-refractivity contribution >= 4 is 27.6 Å². The van der Waals surface area contributed by atoms with Gasteiger partial charge in [0.15, 0.2) is 16.6 Å². The van der Waals surface area contributed by atoms with Crippen molar-refractivity contribution in [2.45, 2.75) is 13.0 Å². The zero-order chi connectivity index (χ0) is 22.2. The van der Waals surface area contributed by atoms with Crippen LogP contribution in [0.3, 0.4) is 0 Å². The van der Waals surface area contributed by atoms with E-state index in [1.165, 1.54) is 33.1 Å². The van der Waals surface area contributed by atoms with E-state index < -0.39 is 22.9 Å². The molecule has 5 rings (SSSR count). The molecule has 4 aromatic rings. The summed E-state index contributed by atoms with van der Waals surface area (Å²) in [4.78, 5) is 26.0. The Balaban J connectivity index is 1.43. The van der Waals surface area contributed by atoms with E-state index in [0.29, 0.717) is 41.7 Å². The Bertz CT molecular complexity index is 1340. The summed E-state index contributed by atoms with van der Waals surface area (Å²) >= 11 is 2.64. The van der Waals surface area contributed by atoms with Crippen molar-refractivity contribution in [3.05, 3.63) is 67.9 Å². The van der Waals surface area contributed by atoms with Crippen LogP contribution in [0.5, 0.6) is 5.75 Å². The van der Waals surface area contributed by atoms with Crippen LogP contribution in [0.25, 0.3) is 15.7 Å². The van der Waals surface area contributed by atoms with E-state index >= 15 is 0 Å². The molecule has 7 nitrogen and oxygen atoms in total. The lowest BCUT2D eigenvalue weighted by Crippen LogP contribution is -2.35. The van der Waals surface area contributed by atoms with Crippen molar-refractivity contribution in [3.63, 3.8) is 0 Å². The predicted octanol–water partition coefficient (Wildman–Crippen LogP) is 3.29. The third-order valence-electron chi connectivity index (χ3n) is 5.16. The number of morpholine rings is 1. The number of thiazole rings is 2. The van der Waals surface area contributed by atoms with Gasteiger partial charge < -0.3 is 9.84 Å². The molecular weight excluding hydrogens is 458 g/mol. The molecule has 1 N–H and O–H groups in total. The maximum Gasteiger partial charge on any atom is 0.301 e. The molecule has 11 heteroatoms. The topological polar surface area (TPSA) is 80.0 Å². The molecule has 1 fully saturated rings. The lowest BCUT2D eigenvalue weighted by Gasteiger charge is -2.25. The summed E-state index contributed by atoms with van der Waals surface area (Å²) in [7, 11) is 0. The second kappa shape index (κ2) is 8.66. The number of fused-ring (bicyclic) bond motifs is 1. The molecule has 0 radical (unpaired) electrons. The largest absolute Gasteiger partial charge is 0.501 e. The molecular formula is C21H18F2N4O3S2. The number of rotatable bonds is 5. The summed E-state index contributed by atoms with van der Waals surface area (Å²) in [6, 6.07) is 3.73. The summed E-state index contributed by atoms with van der Waals surface area (Å²) in [6.45, 7) is 3.71. The van der Waals surface area contributed by atoms with Crippen molar-refractivity contribution in [3.8, 4) is 16.5 Å².